The van der Waals surface area contributed by atoms with Gasteiger partial charge >= 0.3 is 0 Å². The largest absolute Gasteiger partial charge is 0.493 e. The van der Waals surface area contributed by atoms with Crippen molar-refractivity contribution in [2.24, 2.45) is 0 Å². The van der Waals surface area contributed by atoms with E-state index in [-0.39, 0.29) is 12.3 Å². The number of carbonyl (C=O) groups is 1. The number of anilines is 1. The minimum absolute atomic E-state index is 0.176. The maximum Gasteiger partial charge on any atom is 0.250 e. The summed E-state index contributed by atoms with van der Waals surface area (Å²) >= 11 is 1.49. The summed E-state index contributed by atoms with van der Waals surface area (Å²) in [5, 5.41) is 9.21. The van der Waals surface area contributed by atoms with Crippen molar-refractivity contribution in [2.45, 2.75) is 26.7 Å². The number of benzene rings is 2. The van der Waals surface area contributed by atoms with Crippen molar-refractivity contribution in [3.63, 3.8) is 0 Å². The fraction of sp³-hybridized carbons (Fsp3) is 0.227. The zero-order valence-corrected chi connectivity index (χ0v) is 17.2. The summed E-state index contributed by atoms with van der Waals surface area (Å²) in [4.78, 5) is 17.4. The quantitative estimate of drug-likeness (QED) is 0.481. The third-order valence-corrected chi connectivity index (χ3v) is 5.43. The zero-order valence-electron chi connectivity index (χ0n) is 16.4. The minimum atomic E-state index is -0.176. The molecule has 2 aromatic heterocycles. The highest BCUT2D eigenvalue weighted by Gasteiger charge is 2.13. The molecule has 1 amide bonds. The van der Waals surface area contributed by atoms with Gasteiger partial charge in [0.1, 0.15) is 5.75 Å². The Morgan fingerprint density at radius 2 is 1.90 bits per heavy atom. The lowest BCUT2D eigenvalue weighted by Gasteiger charge is -2.06. The Bertz CT molecular complexity index is 1110. The average Bonchev–Trinajstić information content (AvgIpc) is 3.29. The highest BCUT2D eigenvalue weighted by Crippen LogP contribution is 2.26. The third-order valence-electron chi connectivity index (χ3n) is 4.61. The molecule has 0 bridgehead atoms. The van der Waals surface area contributed by atoms with E-state index in [1.54, 1.807) is 4.52 Å². The van der Waals surface area contributed by atoms with E-state index in [1.807, 2.05) is 29.6 Å². The molecule has 0 spiro atoms. The van der Waals surface area contributed by atoms with Crippen LogP contribution in [0.1, 0.15) is 24.5 Å². The number of aromatic nitrogens is 3. The first kappa shape index (κ1) is 19.1. The molecule has 0 aliphatic rings. The number of nitrogens with one attached hydrogen (secondary N) is 1. The smallest absolute Gasteiger partial charge is 0.250 e. The van der Waals surface area contributed by atoms with Crippen LogP contribution in [0.5, 0.6) is 5.75 Å². The number of hydrogen-bond acceptors (Lipinski definition) is 5. The van der Waals surface area contributed by atoms with Gasteiger partial charge in [0.2, 0.25) is 16.8 Å². The number of nitrogens with zero attached hydrogens (tertiary/aromatic N) is 3. The van der Waals surface area contributed by atoms with Crippen molar-refractivity contribution in [3.05, 3.63) is 65.0 Å². The number of rotatable bonds is 7. The Morgan fingerprint density at radius 1 is 1.14 bits per heavy atom. The van der Waals surface area contributed by atoms with E-state index in [1.165, 1.54) is 22.5 Å². The van der Waals surface area contributed by atoms with Crippen LogP contribution >= 0.6 is 11.3 Å². The van der Waals surface area contributed by atoms with Crippen LogP contribution in [0.2, 0.25) is 0 Å². The third kappa shape index (κ3) is 4.46. The molecule has 0 saturated heterocycles. The van der Waals surface area contributed by atoms with E-state index in [4.69, 9.17) is 4.74 Å². The predicted octanol–water partition coefficient (Wildman–Crippen LogP) is 4.74. The monoisotopic (exact) mass is 406 g/mol. The van der Waals surface area contributed by atoms with Gasteiger partial charge in [0, 0.05) is 10.9 Å². The molecule has 0 aliphatic heterocycles. The Labute approximate surface area is 173 Å². The van der Waals surface area contributed by atoms with Gasteiger partial charge in [0.05, 0.1) is 18.7 Å². The Morgan fingerprint density at radius 3 is 2.62 bits per heavy atom. The Balaban J connectivity index is 1.36. The summed E-state index contributed by atoms with van der Waals surface area (Å²) < 4.78 is 7.40. The molecule has 4 aromatic rings. The number of carbonyl (C=O) groups excluding carboxylic acids is 1. The standard InChI is InChI=1S/C22H22N4O2S/c1-3-16-6-10-18(11-7-16)28-13-12-20(27)23-21-24-22-26(25-21)19(14-29-22)17-8-4-15(2)5-9-17/h4-11,14H,3,12-13H2,1-2H3,(H,23,25,27). The van der Waals surface area contributed by atoms with Crippen molar-refractivity contribution < 1.29 is 9.53 Å². The van der Waals surface area contributed by atoms with Crippen LogP contribution in [0.3, 0.4) is 0 Å². The predicted molar refractivity (Wildman–Crippen MR) is 116 cm³/mol. The summed E-state index contributed by atoms with van der Waals surface area (Å²) in [6.07, 6.45) is 1.22. The van der Waals surface area contributed by atoms with E-state index in [9.17, 15) is 4.79 Å². The molecule has 148 valence electrons. The molecule has 0 radical (unpaired) electrons. The maximum atomic E-state index is 12.2. The van der Waals surface area contributed by atoms with Crippen molar-refractivity contribution in [1.82, 2.24) is 14.6 Å². The number of fused-ring (bicyclic) bond motifs is 1. The van der Waals surface area contributed by atoms with Crippen molar-refractivity contribution in [1.29, 1.82) is 0 Å². The minimum Gasteiger partial charge on any atom is -0.493 e. The number of amides is 1. The first-order valence-electron chi connectivity index (χ1n) is 9.55. The van der Waals surface area contributed by atoms with Crippen LogP contribution in [-0.4, -0.2) is 27.1 Å². The van der Waals surface area contributed by atoms with Crippen LogP contribution < -0.4 is 10.1 Å². The molecule has 0 atom stereocenters. The van der Waals surface area contributed by atoms with Gasteiger partial charge < -0.3 is 4.74 Å². The average molecular weight is 407 g/mol. The van der Waals surface area contributed by atoms with Crippen LogP contribution in [0.4, 0.5) is 5.95 Å². The van der Waals surface area contributed by atoms with E-state index in [2.05, 4.69) is 53.5 Å². The Kier molecular flexibility index (Phi) is 5.57. The van der Waals surface area contributed by atoms with Crippen LogP contribution in [0.25, 0.3) is 16.2 Å². The van der Waals surface area contributed by atoms with Gasteiger partial charge in [0.25, 0.3) is 0 Å². The van der Waals surface area contributed by atoms with Crippen molar-refractivity contribution in [3.8, 4) is 17.0 Å². The fourth-order valence-corrected chi connectivity index (χ4v) is 3.76. The van der Waals surface area contributed by atoms with Gasteiger partial charge in [-0.2, -0.15) is 4.98 Å². The Hall–Kier alpha value is -3.19. The first-order valence-corrected chi connectivity index (χ1v) is 10.4. The van der Waals surface area contributed by atoms with Crippen LogP contribution in [0, 0.1) is 6.92 Å². The van der Waals surface area contributed by atoms with E-state index in [0.717, 1.165) is 28.4 Å². The summed E-state index contributed by atoms with van der Waals surface area (Å²) in [6.45, 7) is 4.46. The summed E-state index contributed by atoms with van der Waals surface area (Å²) in [7, 11) is 0. The second-order valence-electron chi connectivity index (χ2n) is 6.76. The van der Waals surface area contributed by atoms with Gasteiger partial charge in [-0.05, 0) is 31.0 Å². The van der Waals surface area contributed by atoms with E-state index in [0.29, 0.717) is 12.6 Å². The van der Waals surface area contributed by atoms with Gasteiger partial charge in [-0.3, -0.25) is 10.1 Å². The normalized spacial score (nSPS) is 11.0. The van der Waals surface area contributed by atoms with E-state index >= 15 is 0 Å². The lowest BCUT2D eigenvalue weighted by molar-refractivity contribution is -0.116. The highest BCUT2D eigenvalue weighted by molar-refractivity contribution is 7.15. The molecular weight excluding hydrogens is 384 g/mol. The molecule has 0 unspecified atom stereocenters. The lowest BCUT2D eigenvalue weighted by Crippen LogP contribution is -2.16. The van der Waals surface area contributed by atoms with Gasteiger partial charge in [-0.25, -0.2) is 4.52 Å². The molecule has 2 aromatic carbocycles. The molecule has 0 saturated carbocycles. The summed E-state index contributed by atoms with van der Waals surface area (Å²) in [6, 6.07) is 16.2. The second-order valence-corrected chi connectivity index (χ2v) is 7.60. The summed E-state index contributed by atoms with van der Waals surface area (Å²) in [5.41, 5.74) is 4.48. The topological polar surface area (TPSA) is 68.5 Å². The molecule has 29 heavy (non-hydrogen) atoms. The SMILES string of the molecule is CCc1ccc(OCCC(=O)Nc2nc3scc(-c4ccc(C)cc4)n3n2)cc1. The van der Waals surface area contributed by atoms with Crippen LogP contribution in [-0.2, 0) is 11.2 Å². The number of thiazole rings is 1. The molecule has 2 heterocycles. The highest BCUT2D eigenvalue weighted by atomic mass is 32.1. The second kappa shape index (κ2) is 8.45. The lowest BCUT2D eigenvalue weighted by atomic mass is 10.1. The van der Waals surface area contributed by atoms with Crippen LogP contribution in [0.15, 0.2) is 53.9 Å². The van der Waals surface area contributed by atoms with Gasteiger partial charge in [-0.1, -0.05) is 48.9 Å². The molecule has 4 rings (SSSR count). The van der Waals surface area contributed by atoms with Gasteiger partial charge in [-0.15, -0.1) is 16.4 Å². The molecule has 1 N–H and O–H groups in total. The maximum absolute atomic E-state index is 12.2. The number of ether oxygens (including phenoxy) is 1. The molecular formula is C22H22N4O2S. The first-order chi connectivity index (χ1) is 14.1. The fourth-order valence-electron chi connectivity index (χ4n) is 2.93. The van der Waals surface area contributed by atoms with Crippen molar-refractivity contribution >= 4 is 28.2 Å². The zero-order chi connectivity index (χ0) is 20.2. The van der Waals surface area contributed by atoms with Crippen molar-refractivity contribution in [2.75, 3.05) is 11.9 Å². The molecule has 7 heteroatoms. The molecule has 0 aliphatic carbocycles. The van der Waals surface area contributed by atoms with E-state index < -0.39 is 0 Å². The molecule has 0 fully saturated rings. The number of aryl methyl sites for hydroxylation is 2. The molecule has 6 nitrogen and oxygen atoms in total. The number of hydrogen-bond donors (Lipinski definition) is 1. The summed E-state index contributed by atoms with van der Waals surface area (Å²) in [5.74, 6) is 0.895. The van der Waals surface area contributed by atoms with Gasteiger partial charge in [0.15, 0.2) is 0 Å².